The van der Waals surface area contributed by atoms with Gasteiger partial charge in [-0.1, -0.05) is 6.92 Å². The molecule has 6 heteroatoms. The number of hydrogen-bond acceptors (Lipinski definition) is 5. The maximum atomic E-state index is 10.7. The molecule has 18 heavy (non-hydrogen) atoms. The molecule has 2 aromatic rings. The van der Waals surface area contributed by atoms with Gasteiger partial charge in [0.05, 0.1) is 17.2 Å². The Labute approximate surface area is 108 Å². The summed E-state index contributed by atoms with van der Waals surface area (Å²) in [5.74, 6) is -0.324. The molecule has 2 aromatic heterocycles. The zero-order valence-corrected chi connectivity index (χ0v) is 10.9. The van der Waals surface area contributed by atoms with Crippen LogP contribution >= 0.6 is 11.3 Å². The van der Waals surface area contributed by atoms with E-state index in [4.69, 9.17) is 14.3 Å². The van der Waals surface area contributed by atoms with Gasteiger partial charge in [0.1, 0.15) is 12.0 Å². The fourth-order valence-corrected chi connectivity index (χ4v) is 2.38. The number of aromatic carboxylic acids is 1. The second kappa shape index (κ2) is 5.32. The predicted octanol–water partition coefficient (Wildman–Crippen LogP) is 2.85. The Bertz CT molecular complexity index is 546. The minimum atomic E-state index is -1.01. The second-order valence-corrected chi connectivity index (χ2v) is 4.82. The molecule has 2 heterocycles. The van der Waals surface area contributed by atoms with Gasteiger partial charge in [0.15, 0.2) is 5.76 Å². The molecule has 1 unspecified atom stereocenters. The molecule has 2 rings (SSSR count). The molecule has 0 aliphatic carbocycles. The van der Waals surface area contributed by atoms with Gasteiger partial charge >= 0.3 is 5.97 Å². The number of methoxy groups -OCH3 is 1. The van der Waals surface area contributed by atoms with E-state index in [1.54, 1.807) is 7.11 Å². The van der Waals surface area contributed by atoms with Crippen LogP contribution in [-0.2, 0) is 4.74 Å². The monoisotopic (exact) mass is 267 g/mol. The van der Waals surface area contributed by atoms with E-state index < -0.39 is 5.97 Å². The number of thiazole rings is 1. The highest BCUT2D eigenvalue weighted by molar-refractivity contribution is 7.10. The van der Waals surface area contributed by atoms with Crippen molar-refractivity contribution in [3.63, 3.8) is 0 Å². The van der Waals surface area contributed by atoms with E-state index >= 15 is 0 Å². The molecule has 0 radical (unpaired) electrons. The van der Waals surface area contributed by atoms with Crippen molar-refractivity contribution < 1.29 is 19.1 Å². The predicted molar refractivity (Wildman–Crippen MR) is 67.1 cm³/mol. The molecule has 0 aromatic carbocycles. The van der Waals surface area contributed by atoms with Gasteiger partial charge < -0.3 is 14.3 Å². The topological polar surface area (TPSA) is 72.6 Å². The first kappa shape index (κ1) is 12.8. The van der Waals surface area contributed by atoms with E-state index in [1.807, 2.05) is 12.3 Å². The summed E-state index contributed by atoms with van der Waals surface area (Å²) in [6.45, 7) is 2.63. The van der Waals surface area contributed by atoms with Crippen LogP contribution in [0.5, 0.6) is 0 Å². The van der Waals surface area contributed by atoms with Gasteiger partial charge in [-0.3, -0.25) is 0 Å². The summed E-state index contributed by atoms with van der Waals surface area (Å²) >= 11 is 1.51. The summed E-state index contributed by atoms with van der Waals surface area (Å²) in [4.78, 5) is 15.2. The molecule has 96 valence electrons. The van der Waals surface area contributed by atoms with E-state index in [2.05, 4.69) is 4.98 Å². The van der Waals surface area contributed by atoms with Crippen LogP contribution in [-0.4, -0.2) is 29.8 Å². The van der Waals surface area contributed by atoms with Gasteiger partial charge in [-0.15, -0.1) is 11.3 Å². The number of carbonyl (C=O) groups is 1. The molecule has 5 nitrogen and oxygen atoms in total. The zero-order valence-electron chi connectivity index (χ0n) is 10.0. The van der Waals surface area contributed by atoms with Gasteiger partial charge in [0.2, 0.25) is 0 Å². The average Bonchev–Trinajstić information content (AvgIpc) is 2.98. The Morgan fingerprint density at radius 2 is 2.44 bits per heavy atom. The fraction of sp³-hybridized carbons (Fsp3) is 0.333. The molecule has 0 saturated heterocycles. The quantitative estimate of drug-likeness (QED) is 0.901. The molecule has 0 saturated carbocycles. The van der Waals surface area contributed by atoms with Crippen molar-refractivity contribution in [3.8, 4) is 11.5 Å². The van der Waals surface area contributed by atoms with Gasteiger partial charge in [-0.05, 0) is 0 Å². The van der Waals surface area contributed by atoms with Gasteiger partial charge in [0.25, 0.3) is 0 Å². The Morgan fingerprint density at radius 3 is 3.06 bits per heavy atom. The summed E-state index contributed by atoms with van der Waals surface area (Å²) in [6, 6.07) is 1.47. The molecule has 0 fully saturated rings. The van der Waals surface area contributed by atoms with Gasteiger partial charge in [-0.2, -0.15) is 0 Å². The zero-order chi connectivity index (χ0) is 13.1. The van der Waals surface area contributed by atoms with Crippen molar-refractivity contribution in [1.82, 2.24) is 4.98 Å². The number of ether oxygens (including phenoxy) is 1. The first-order valence-corrected chi connectivity index (χ1v) is 6.26. The van der Waals surface area contributed by atoms with E-state index in [0.717, 1.165) is 5.01 Å². The highest BCUT2D eigenvalue weighted by atomic mass is 32.1. The summed E-state index contributed by atoms with van der Waals surface area (Å²) in [5, 5.41) is 11.6. The van der Waals surface area contributed by atoms with E-state index in [-0.39, 0.29) is 11.5 Å². The SMILES string of the molecule is COCC(C)c1nc(-c2cc(C(=O)O)co2)cs1. The first-order valence-electron chi connectivity index (χ1n) is 5.38. The standard InChI is InChI=1S/C12H13NO4S/c1-7(4-16-2)11-13-9(6-18-11)10-3-8(5-17-10)12(14)15/h3,5-7H,4H2,1-2H3,(H,14,15). The molecular formula is C12H13NO4S. The van der Waals surface area contributed by atoms with Crippen molar-refractivity contribution in [2.75, 3.05) is 13.7 Å². The van der Waals surface area contributed by atoms with Crippen LogP contribution in [0.1, 0.15) is 28.2 Å². The minimum Gasteiger partial charge on any atom is -0.478 e. The first-order chi connectivity index (χ1) is 8.61. The maximum absolute atomic E-state index is 10.7. The Kier molecular flexibility index (Phi) is 3.78. The smallest absolute Gasteiger partial charge is 0.338 e. The van der Waals surface area contributed by atoms with Crippen LogP contribution in [0.2, 0.25) is 0 Å². The Morgan fingerprint density at radius 1 is 1.67 bits per heavy atom. The summed E-state index contributed by atoms with van der Waals surface area (Å²) in [5.41, 5.74) is 0.787. The van der Waals surface area contributed by atoms with Crippen molar-refractivity contribution in [2.45, 2.75) is 12.8 Å². The Hall–Kier alpha value is -1.66. The third-order valence-electron chi connectivity index (χ3n) is 2.46. The molecule has 1 atom stereocenters. The number of furan rings is 1. The molecule has 0 bridgehead atoms. The van der Waals surface area contributed by atoms with Gasteiger partial charge in [-0.25, -0.2) is 9.78 Å². The van der Waals surface area contributed by atoms with Gasteiger partial charge in [0, 0.05) is 24.5 Å². The maximum Gasteiger partial charge on any atom is 0.338 e. The van der Waals surface area contributed by atoms with Crippen LogP contribution in [0.25, 0.3) is 11.5 Å². The van der Waals surface area contributed by atoms with Crippen molar-refractivity contribution in [2.24, 2.45) is 0 Å². The number of hydrogen-bond donors (Lipinski definition) is 1. The van der Waals surface area contributed by atoms with Crippen molar-refractivity contribution in [3.05, 3.63) is 28.3 Å². The third kappa shape index (κ3) is 2.60. The van der Waals surface area contributed by atoms with E-state index in [9.17, 15) is 4.79 Å². The highest BCUT2D eigenvalue weighted by Crippen LogP contribution is 2.27. The van der Waals surface area contributed by atoms with Crippen molar-refractivity contribution in [1.29, 1.82) is 0 Å². The Balaban J connectivity index is 2.20. The molecule has 0 spiro atoms. The normalized spacial score (nSPS) is 12.6. The minimum absolute atomic E-state index is 0.129. The lowest BCUT2D eigenvalue weighted by Gasteiger charge is -2.04. The lowest BCUT2D eigenvalue weighted by Crippen LogP contribution is -2.00. The molecule has 0 aliphatic heterocycles. The van der Waals surface area contributed by atoms with E-state index in [0.29, 0.717) is 18.1 Å². The number of rotatable bonds is 5. The number of carboxylic acids is 1. The fourth-order valence-electron chi connectivity index (χ4n) is 1.53. The van der Waals surface area contributed by atoms with Crippen LogP contribution < -0.4 is 0 Å². The summed E-state index contributed by atoms with van der Waals surface area (Å²) in [6.07, 6.45) is 1.22. The van der Waals surface area contributed by atoms with Crippen LogP contribution in [0.15, 0.2) is 22.1 Å². The second-order valence-electron chi connectivity index (χ2n) is 3.93. The average molecular weight is 267 g/mol. The van der Waals surface area contributed by atoms with Crippen LogP contribution in [0.3, 0.4) is 0 Å². The molecule has 0 aliphatic rings. The third-order valence-corrected chi connectivity index (χ3v) is 3.54. The number of carboxylic acid groups (broad SMARTS) is 1. The number of nitrogens with zero attached hydrogens (tertiary/aromatic N) is 1. The lowest BCUT2D eigenvalue weighted by molar-refractivity contribution is 0.0696. The molecule has 1 N–H and O–H groups in total. The molecular weight excluding hydrogens is 254 g/mol. The van der Waals surface area contributed by atoms with Crippen LogP contribution in [0.4, 0.5) is 0 Å². The summed E-state index contributed by atoms with van der Waals surface area (Å²) < 4.78 is 10.3. The summed E-state index contributed by atoms with van der Waals surface area (Å²) in [7, 11) is 1.65. The van der Waals surface area contributed by atoms with Crippen molar-refractivity contribution >= 4 is 17.3 Å². The lowest BCUT2D eigenvalue weighted by atomic mass is 10.2. The van der Waals surface area contributed by atoms with Crippen LogP contribution in [0, 0.1) is 0 Å². The highest BCUT2D eigenvalue weighted by Gasteiger charge is 2.15. The largest absolute Gasteiger partial charge is 0.478 e. The number of aromatic nitrogens is 1. The van der Waals surface area contributed by atoms with E-state index in [1.165, 1.54) is 23.7 Å². The molecule has 0 amide bonds.